The maximum atomic E-state index is 11.8. The molecular formula is C13H16N4O2. The second-order valence-corrected chi connectivity index (χ2v) is 4.23. The second kappa shape index (κ2) is 5.43. The summed E-state index contributed by atoms with van der Waals surface area (Å²) in [6, 6.07) is 6.34. The first-order chi connectivity index (χ1) is 9.08. The molecule has 0 bridgehead atoms. The molecule has 0 saturated carbocycles. The van der Waals surface area contributed by atoms with Crippen LogP contribution in [0.5, 0.6) is 5.75 Å². The Labute approximate surface area is 110 Å². The Bertz CT molecular complexity index is 592. The van der Waals surface area contributed by atoms with Gasteiger partial charge in [-0.3, -0.25) is 9.48 Å². The number of phenols is 1. The van der Waals surface area contributed by atoms with Crippen LogP contribution in [0, 0.1) is 0 Å². The molecule has 4 N–H and O–H groups in total. The van der Waals surface area contributed by atoms with Crippen molar-refractivity contribution in [1.82, 2.24) is 15.1 Å². The van der Waals surface area contributed by atoms with Crippen LogP contribution in [0.3, 0.4) is 0 Å². The van der Waals surface area contributed by atoms with Gasteiger partial charge in [0.05, 0.1) is 5.69 Å². The third-order valence-electron chi connectivity index (χ3n) is 2.88. The van der Waals surface area contributed by atoms with Gasteiger partial charge < -0.3 is 16.2 Å². The predicted molar refractivity (Wildman–Crippen MR) is 71.8 cm³/mol. The number of hydrogen-bond acceptors (Lipinski definition) is 4. The molecule has 1 heterocycles. The SMILES string of the molecule is Cn1nccc1CCNC(=O)c1ccc(N)c(O)c1. The standard InChI is InChI=1S/C13H16N4O2/c1-17-10(5-7-16-17)4-6-15-13(19)9-2-3-11(14)12(18)8-9/h2-3,5,7-8,18H,4,6,14H2,1H3,(H,15,19). The van der Waals surface area contributed by atoms with Gasteiger partial charge in [0.15, 0.2) is 0 Å². The third kappa shape index (κ3) is 3.04. The van der Waals surface area contributed by atoms with Crippen LogP contribution in [0.15, 0.2) is 30.5 Å². The van der Waals surface area contributed by atoms with Crippen LogP contribution >= 0.6 is 0 Å². The van der Waals surface area contributed by atoms with E-state index in [9.17, 15) is 9.90 Å². The number of nitrogen functional groups attached to an aromatic ring is 1. The molecule has 1 amide bonds. The number of hydrogen-bond donors (Lipinski definition) is 3. The number of aromatic hydroxyl groups is 1. The zero-order valence-corrected chi connectivity index (χ0v) is 10.6. The first kappa shape index (κ1) is 12.9. The lowest BCUT2D eigenvalue weighted by Crippen LogP contribution is -2.26. The van der Waals surface area contributed by atoms with Crippen molar-refractivity contribution in [3.63, 3.8) is 0 Å². The number of phenolic OH excluding ortho intramolecular Hbond substituents is 1. The first-order valence-corrected chi connectivity index (χ1v) is 5.91. The predicted octanol–water partition coefficient (Wildman–Crippen LogP) is 0.680. The molecule has 6 nitrogen and oxygen atoms in total. The average molecular weight is 260 g/mol. The van der Waals surface area contributed by atoms with Gasteiger partial charge >= 0.3 is 0 Å². The highest BCUT2D eigenvalue weighted by Crippen LogP contribution is 2.20. The highest BCUT2D eigenvalue weighted by atomic mass is 16.3. The second-order valence-electron chi connectivity index (χ2n) is 4.23. The van der Waals surface area contributed by atoms with Gasteiger partial charge in [-0.05, 0) is 24.3 Å². The molecule has 2 rings (SSSR count). The van der Waals surface area contributed by atoms with Gasteiger partial charge in [-0.2, -0.15) is 5.10 Å². The van der Waals surface area contributed by atoms with Crippen molar-refractivity contribution >= 4 is 11.6 Å². The number of aromatic nitrogens is 2. The summed E-state index contributed by atoms with van der Waals surface area (Å²) in [6.45, 7) is 0.503. The van der Waals surface area contributed by atoms with Crippen LogP contribution in [0.4, 0.5) is 5.69 Å². The minimum absolute atomic E-state index is 0.0840. The van der Waals surface area contributed by atoms with E-state index in [4.69, 9.17) is 5.73 Å². The van der Waals surface area contributed by atoms with Gasteiger partial charge in [-0.1, -0.05) is 0 Å². The largest absolute Gasteiger partial charge is 0.506 e. The normalized spacial score (nSPS) is 10.4. The van der Waals surface area contributed by atoms with Crippen molar-refractivity contribution in [3.8, 4) is 5.75 Å². The van der Waals surface area contributed by atoms with Gasteiger partial charge in [0.25, 0.3) is 5.91 Å². The fraction of sp³-hybridized carbons (Fsp3) is 0.231. The molecule has 1 aromatic heterocycles. The summed E-state index contributed by atoms with van der Waals surface area (Å²) >= 11 is 0. The first-order valence-electron chi connectivity index (χ1n) is 5.91. The summed E-state index contributed by atoms with van der Waals surface area (Å²) in [7, 11) is 1.86. The van der Waals surface area contributed by atoms with E-state index < -0.39 is 0 Å². The molecule has 19 heavy (non-hydrogen) atoms. The van der Waals surface area contributed by atoms with Crippen LogP contribution < -0.4 is 11.1 Å². The van der Waals surface area contributed by atoms with E-state index in [0.29, 0.717) is 18.5 Å². The van der Waals surface area contributed by atoms with Crippen molar-refractivity contribution in [2.75, 3.05) is 12.3 Å². The Kier molecular flexibility index (Phi) is 3.70. The topological polar surface area (TPSA) is 93.2 Å². The maximum absolute atomic E-state index is 11.8. The van der Waals surface area contributed by atoms with E-state index in [0.717, 1.165) is 5.69 Å². The number of aryl methyl sites for hydroxylation is 1. The number of nitrogens with zero attached hydrogens (tertiary/aromatic N) is 2. The Morgan fingerprint density at radius 1 is 1.47 bits per heavy atom. The minimum atomic E-state index is -0.238. The molecule has 0 atom stereocenters. The Hall–Kier alpha value is -2.50. The monoisotopic (exact) mass is 260 g/mol. The van der Waals surface area contributed by atoms with Crippen molar-refractivity contribution in [1.29, 1.82) is 0 Å². The molecule has 0 fully saturated rings. The van der Waals surface area contributed by atoms with Crippen LogP contribution in [0.2, 0.25) is 0 Å². The van der Waals surface area contributed by atoms with E-state index in [1.807, 2.05) is 13.1 Å². The fourth-order valence-electron chi connectivity index (χ4n) is 1.74. The molecular weight excluding hydrogens is 244 g/mol. The molecule has 0 aliphatic heterocycles. The zero-order chi connectivity index (χ0) is 13.8. The average Bonchev–Trinajstić information content (AvgIpc) is 2.78. The number of carbonyl (C=O) groups is 1. The molecule has 0 saturated heterocycles. The van der Waals surface area contributed by atoms with E-state index in [1.54, 1.807) is 16.9 Å². The lowest BCUT2D eigenvalue weighted by Gasteiger charge is -2.07. The molecule has 100 valence electrons. The van der Waals surface area contributed by atoms with E-state index in [-0.39, 0.29) is 17.3 Å². The van der Waals surface area contributed by atoms with Gasteiger partial charge in [-0.15, -0.1) is 0 Å². The molecule has 1 aromatic carbocycles. The molecule has 0 spiro atoms. The number of amides is 1. The van der Waals surface area contributed by atoms with Crippen molar-refractivity contribution < 1.29 is 9.90 Å². The molecule has 0 aliphatic rings. The van der Waals surface area contributed by atoms with E-state index >= 15 is 0 Å². The van der Waals surface area contributed by atoms with Crippen LogP contribution in [-0.4, -0.2) is 27.3 Å². The van der Waals surface area contributed by atoms with E-state index in [1.165, 1.54) is 12.1 Å². The van der Waals surface area contributed by atoms with Crippen LogP contribution in [0.25, 0.3) is 0 Å². The Morgan fingerprint density at radius 2 is 2.26 bits per heavy atom. The summed E-state index contributed by atoms with van der Waals surface area (Å²) in [4.78, 5) is 11.8. The quantitative estimate of drug-likeness (QED) is 0.556. The Morgan fingerprint density at radius 3 is 2.89 bits per heavy atom. The summed E-state index contributed by atoms with van der Waals surface area (Å²) in [5.74, 6) is -0.322. The Balaban J connectivity index is 1.91. The lowest BCUT2D eigenvalue weighted by atomic mass is 10.1. The summed E-state index contributed by atoms with van der Waals surface area (Å²) < 4.78 is 1.77. The highest BCUT2D eigenvalue weighted by Gasteiger charge is 2.08. The summed E-state index contributed by atoms with van der Waals surface area (Å²) in [6.07, 6.45) is 2.42. The molecule has 0 unspecified atom stereocenters. The molecule has 0 radical (unpaired) electrons. The van der Waals surface area contributed by atoms with Crippen molar-refractivity contribution in [2.45, 2.75) is 6.42 Å². The number of rotatable bonds is 4. The molecule has 2 aromatic rings. The van der Waals surface area contributed by atoms with Gasteiger partial charge in [0.2, 0.25) is 0 Å². The molecule has 0 aliphatic carbocycles. The zero-order valence-electron chi connectivity index (χ0n) is 10.6. The minimum Gasteiger partial charge on any atom is -0.506 e. The number of nitrogens with two attached hydrogens (primary N) is 1. The van der Waals surface area contributed by atoms with Gasteiger partial charge in [0.1, 0.15) is 5.75 Å². The number of carbonyl (C=O) groups excluding carboxylic acids is 1. The van der Waals surface area contributed by atoms with Crippen LogP contribution in [0.1, 0.15) is 16.1 Å². The fourth-order valence-corrected chi connectivity index (χ4v) is 1.74. The number of nitrogens with one attached hydrogen (secondary N) is 1. The van der Waals surface area contributed by atoms with Crippen molar-refractivity contribution in [2.24, 2.45) is 7.05 Å². The summed E-state index contributed by atoms with van der Waals surface area (Å²) in [5.41, 5.74) is 7.16. The third-order valence-corrected chi connectivity index (χ3v) is 2.88. The van der Waals surface area contributed by atoms with E-state index in [2.05, 4.69) is 10.4 Å². The molecule has 6 heteroatoms. The smallest absolute Gasteiger partial charge is 0.251 e. The van der Waals surface area contributed by atoms with Crippen LogP contribution in [-0.2, 0) is 13.5 Å². The lowest BCUT2D eigenvalue weighted by molar-refractivity contribution is 0.0953. The maximum Gasteiger partial charge on any atom is 0.251 e. The number of benzene rings is 1. The summed E-state index contributed by atoms with van der Waals surface area (Å²) in [5, 5.41) is 16.3. The van der Waals surface area contributed by atoms with Gasteiger partial charge in [-0.25, -0.2) is 0 Å². The van der Waals surface area contributed by atoms with Gasteiger partial charge in [0, 0.05) is 37.5 Å². The van der Waals surface area contributed by atoms with Crippen molar-refractivity contribution in [3.05, 3.63) is 41.7 Å². The number of anilines is 1. The highest BCUT2D eigenvalue weighted by molar-refractivity contribution is 5.95.